The van der Waals surface area contributed by atoms with Crippen LogP contribution in [0.25, 0.3) is 0 Å². The number of carbonyl (C=O) groups excluding carboxylic acids is 2. The van der Waals surface area contributed by atoms with Crippen molar-refractivity contribution in [3.63, 3.8) is 0 Å². The van der Waals surface area contributed by atoms with Crippen molar-refractivity contribution < 1.29 is 14.3 Å². The number of ether oxygens (including phenoxy) is 1. The third-order valence-electron chi connectivity index (χ3n) is 3.77. The summed E-state index contributed by atoms with van der Waals surface area (Å²) in [5.74, 6) is -0.0724. The molecule has 2 N–H and O–H groups in total. The SMILES string of the molecule is O=C(NCCN1CCOC1=O)c1ccc(C2CCCN2)s1. The second kappa shape index (κ2) is 6.44. The van der Waals surface area contributed by atoms with Crippen LogP contribution in [0.3, 0.4) is 0 Å². The number of thiophene rings is 1. The fourth-order valence-electron chi connectivity index (χ4n) is 2.61. The van der Waals surface area contributed by atoms with E-state index in [1.54, 1.807) is 16.2 Å². The second-order valence-electron chi connectivity index (χ2n) is 5.21. The molecular formula is C14H19N3O3S. The van der Waals surface area contributed by atoms with Gasteiger partial charge in [-0.2, -0.15) is 0 Å². The zero-order valence-corrected chi connectivity index (χ0v) is 12.6. The highest BCUT2D eigenvalue weighted by Gasteiger charge is 2.22. The summed E-state index contributed by atoms with van der Waals surface area (Å²) >= 11 is 1.54. The Morgan fingerprint density at radius 2 is 2.43 bits per heavy atom. The Kier molecular flexibility index (Phi) is 4.40. The predicted octanol–water partition coefficient (Wildman–Crippen LogP) is 1.35. The van der Waals surface area contributed by atoms with Crippen LogP contribution in [0.15, 0.2) is 12.1 Å². The molecule has 21 heavy (non-hydrogen) atoms. The summed E-state index contributed by atoms with van der Waals surface area (Å²) < 4.78 is 4.84. The summed E-state index contributed by atoms with van der Waals surface area (Å²) in [5, 5.41) is 6.28. The van der Waals surface area contributed by atoms with Gasteiger partial charge in [-0.3, -0.25) is 4.79 Å². The van der Waals surface area contributed by atoms with Crippen molar-refractivity contribution in [1.82, 2.24) is 15.5 Å². The molecule has 0 spiro atoms. The fourth-order valence-corrected chi connectivity index (χ4v) is 3.64. The first-order chi connectivity index (χ1) is 10.2. The van der Waals surface area contributed by atoms with Crippen LogP contribution < -0.4 is 10.6 Å². The number of hydrogen-bond donors (Lipinski definition) is 2. The van der Waals surface area contributed by atoms with E-state index in [0.29, 0.717) is 32.3 Å². The Bertz CT molecular complexity index is 525. The normalized spacial score (nSPS) is 21.6. The molecule has 0 aliphatic carbocycles. The van der Waals surface area contributed by atoms with Crippen LogP contribution in [0.4, 0.5) is 4.79 Å². The molecule has 6 nitrogen and oxygen atoms in total. The van der Waals surface area contributed by atoms with Crippen LogP contribution >= 0.6 is 11.3 Å². The summed E-state index contributed by atoms with van der Waals surface area (Å²) in [6.07, 6.45) is 2.03. The molecule has 0 radical (unpaired) electrons. The molecule has 3 heterocycles. The van der Waals surface area contributed by atoms with E-state index < -0.39 is 0 Å². The lowest BCUT2D eigenvalue weighted by Gasteiger charge is -2.12. The van der Waals surface area contributed by atoms with Crippen molar-refractivity contribution in [1.29, 1.82) is 0 Å². The van der Waals surface area contributed by atoms with Gasteiger partial charge in [0.2, 0.25) is 0 Å². The summed E-state index contributed by atoms with van der Waals surface area (Å²) in [7, 11) is 0. The molecule has 1 unspecified atom stereocenters. The summed E-state index contributed by atoms with van der Waals surface area (Å²) in [6.45, 7) is 3.03. The highest BCUT2D eigenvalue weighted by Crippen LogP contribution is 2.29. The van der Waals surface area contributed by atoms with Crippen LogP contribution in [0, 0.1) is 0 Å². The van der Waals surface area contributed by atoms with E-state index in [1.807, 2.05) is 12.1 Å². The van der Waals surface area contributed by atoms with E-state index in [4.69, 9.17) is 4.74 Å². The first-order valence-electron chi connectivity index (χ1n) is 7.27. The van der Waals surface area contributed by atoms with E-state index in [1.165, 1.54) is 11.3 Å². The summed E-state index contributed by atoms with van der Waals surface area (Å²) in [5.41, 5.74) is 0. The predicted molar refractivity (Wildman–Crippen MR) is 79.6 cm³/mol. The maximum absolute atomic E-state index is 12.1. The molecule has 1 aromatic rings. The molecule has 2 saturated heterocycles. The largest absolute Gasteiger partial charge is 0.448 e. The van der Waals surface area contributed by atoms with E-state index in [2.05, 4.69) is 10.6 Å². The molecule has 7 heteroatoms. The minimum atomic E-state index is -0.296. The second-order valence-corrected chi connectivity index (χ2v) is 6.32. The molecule has 2 aliphatic rings. The maximum atomic E-state index is 12.1. The Labute approximate surface area is 127 Å². The Hall–Kier alpha value is -1.60. The Morgan fingerprint density at radius 3 is 3.14 bits per heavy atom. The third kappa shape index (κ3) is 3.36. The van der Waals surface area contributed by atoms with Crippen molar-refractivity contribution in [2.45, 2.75) is 18.9 Å². The van der Waals surface area contributed by atoms with Crippen LogP contribution in [-0.2, 0) is 4.74 Å². The number of hydrogen-bond acceptors (Lipinski definition) is 5. The number of rotatable bonds is 5. The molecule has 0 saturated carbocycles. The number of amides is 2. The van der Waals surface area contributed by atoms with Crippen LogP contribution in [-0.4, -0.2) is 49.7 Å². The molecule has 2 amide bonds. The van der Waals surface area contributed by atoms with Gasteiger partial charge in [-0.1, -0.05) is 0 Å². The first kappa shape index (κ1) is 14.3. The van der Waals surface area contributed by atoms with Gasteiger partial charge in [-0.25, -0.2) is 4.79 Å². The van der Waals surface area contributed by atoms with Crippen molar-refractivity contribution in [2.75, 3.05) is 32.8 Å². The molecule has 1 aromatic heterocycles. The lowest BCUT2D eigenvalue weighted by Crippen LogP contribution is -2.35. The maximum Gasteiger partial charge on any atom is 0.409 e. The van der Waals surface area contributed by atoms with Crippen molar-refractivity contribution in [2.24, 2.45) is 0 Å². The highest BCUT2D eigenvalue weighted by molar-refractivity contribution is 7.14. The average molecular weight is 309 g/mol. The molecule has 114 valence electrons. The molecule has 1 atom stereocenters. The van der Waals surface area contributed by atoms with Crippen molar-refractivity contribution in [3.8, 4) is 0 Å². The molecule has 2 aliphatic heterocycles. The number of cyclic esters (lactones) is 1. The summed E-state index contributed by atoms with van der Waals surface area (Å²) in [6, 6.07) is 4.30. The molecule has 0 aromatic carbocycles. The minimum absolute atomic E-state index is 0.0724. The van der Waals surface area contributed by atoms with Gasteiger partial charge in [0, 0.05) is 24.0 Å². The zero-order chi connectivity index (χ0) is 14.7. The van der Waals surface area contributed by atoms with E-state index in [0.717, 1.165) is 17.8 Å². The van der Waals surface area contributed by atoms with E-state index in [-0.39, 0.29) is 12.0 Å². The van der Waals surface area contributed by atoms with Crippen molar-refractivity contribution >= 4 is 23.3 Å². The molecule has 0 bridgehead atoms. The monoisotopic (exact) mass is 309 g/mol. The standard InChI is InChI=1S/C14H19N3O3S/c18-13(16-6-7-17-8-9-20-14(17)19)12-4-3-11(21-12)10-2-1-5-15-10/h3-4,10,15H,1-2,5-9H2,(H,16,18). The van der Waals surface area contributed by atoms with E-state index in [9.17, 15) is 9.59 Å². The summed E-state index contributed by atoms with van der Waals surface area (Å²) in [4.78, 5) is 26.9. The molecular weight excluding hydrogens is 290 g/mol. The zero-order valence-electron chi connectivity index (χ0n) is 11.8. The van der Waals surface area contributed by atoms with Crippen LogP contribution in [0.2, 0.25) is 0 Å². The smallest absolute Gasteiger partial charge is 0.409 e. The number of carbonyl (C=O) groups is 2. The van der Waals surface area contributed by atoms with Crippen molar-refractivity contribution in [3.05, 3.63) is 21.9 Å². The van der Waals surface area contributed by atoms with Gasteiger partial charge in [-0.15, -0.1) is 11.3 Å². The highest BCUT2D eigenvalue weighted by atomic mass is 32.1. The van der Waals surface area contributed by atoms with E-state index >= 15 is 0 Å². The Morgan fingerprint density at radius 1 is 1.52 bits per heavy atom. The number of nitrogens with zero attached hydrogens (tertiary/aromatic N) is 1. The average Bonchev–Trinajstić information content (AvgIpc) is 3.19. The van der Waals surface area contributed by atoms with Crippen LogP contribution in [0.5, 0.6) is 0 Å². The van der Waals surface area contributed by atoms with Gasteiger partial charge < -0.3 is 20.3 Å². The van der Waals surface area contributed by atoms with Crippen LogP contribution in [0.1, 0.15) is 33.4 Å². The lowest BCUT2D eigenvalue weighted by atomic mass is 10.2. The van der Waals surface area contributed by atoms with Gasteiger partial charge >= 0.3 is 6.09 Å². The fraction of sp³-hybridized carbons (Fsp3) is 0.571. The third-order valence-corrected chi connectivity index (χ3v) is 4.96. The lowest BCUT2D eigenvalue weighted by molar-refractivity contribution is 0.0953. The molecule has 2 fully saturated rings. The minimum Gasteiger partial charge on any atom is -0.448 e. The molecule has 3 rings (SSSR count). The number of nitrogens with one attached hydrogen (secondary N) is 2. The Balaban J connectivity index is 1.47. The van der Waals surface area contributed by atoms with Gasteiger partial charge in [0.15, 0.2) is 0 Å². The first-order valence-corrected chi connectivity index (χ1v) is 8.09. The van der Waals surface area contributed by atoms with Gasteiger partial charge in [-0.05, 0) is 31.5 Å². The van der Waals surface area contributed by atoms with Gasteiger partial charge in [0.1, 0.15) is 6.61 Å². The van der Waals surface area contributed by atoms with Gasteiger partial charge in [0.25, 0.3) is 5.91 Å². The topological polar surface area (TPSA) is 70.7 Å². The van der Waals surface area contributed by atoms with Gasteiger partial charge in [0.05, 0.1) is 11.4 Å². The quantitative estimate of drug-likeness (QED) is 0.861.